The van der Waals surface area contributed by atoms with Crippen molar-refractivity contribution < 1.29 is 28.2 Å². The highest BCUT2D eigenvalue weighted by Crippen LogP contribution is 2.35. The summed E-state index contributed by atoms with van der Waals surface area (Å²) in [5.74, 6) is 1.76. The Hall–Kier alpha value is -3.23. The maximum atomic E-state index is 12.8. The van der Waals surface area contributed by atoms with Crippen molar-refractivity contribution >= 4 is 11.8 Å². The number of likely N-dealkylation sites (N-methyl/N-ethyl adjacent to an activating group) is 1. The Bertz CT molecular complexity index is 896. The zero-order chi connectivity index (χ0) is 19.7. The highest BCUT2D eigenvalue weighted by molar-refractivity contribution is 5.96. The Morgan fingerprint density at radius 3 is 2.93 bits per heavy atom. The minimum absolute atomic E-state index is 0.0584. The molecule has 2 aliphatic heterocycles. The average molecular weight is 387 g/mol. The molecule has 2 amide bonds. The molecule has 1 unspecified atom stereocenters. The fourth-order valence-electron chi connectivity index (χ4n) is 3.28. The van der Waals surface area contributed by atoms with Gasteiger partial charge in [0.25, 0.3) is 5.91 Å². The van der Waals surface area contributed by atoms with Crippen LogP contribution in [-0.2, 0) is 11.4 Å². The first-order valence-electron chi connectivity index (χ1n) is 9.09. The molecule has 0 spiro atoms. The van der Waals surface area contributed by atoms with E-state index in [1.807, 2.05) is 6.92 Å². The van der Waals surface area contributed by atoms with Gasteiger partial charge in [-0.2, -0.15) is 0 Å². The number of carbonyl (C=O) groups is 2. The van der Waals surface area contributed by atoms with Gasteiger partial charge in [0.1, 0.15) is 18.1 Å². The second-order valence-corrected chi connectivity index (χ2v) is 6.61. The third-order valence-corrected chi connectivity index (χ3v) is 4.84. The molecule has 2 aliphatic rings. The van der Waals surface area contributed by atoms with Gasteiger partial charge in [0, 0.05) is 26.2 Å². The van der Waals surface area contributed by atoms with Gasteiger partial charge in [-0.1, -0.05) is 6.92 Å². The van der Waals surface area contributed by atoms with Crippen LogP contribution in [0.4, 0.5) is 0 Å². The first-order valence-corrected chi connectivity index (χ1v) is 9.09. The number of nitrogens with zero attached hydrogens (tertiary/aromatic N) is 3. The average Bonchev–Trinajstić information content (AvgIpc) is 3.36. The first kappa shape index (κ1) is 18.1. The minimum atomic E-state index is -0.476. The molecule has 1 aromatic carbocycles. The van der Waals surface area contributed by atoms with Gasteiger partial charge >= 0.3 is 0 Å². The van der Waals surface area contributed by atoms with Gasteiger partial charge in [-0.15, -0.1) is 0 Å². The quantitative estimate of drug-likeness (QED) is 0.770. The molecule has 1 fully saturated rings. The van der Waals surface area contributed by atoms with Crippen molar-refractivity contribution in [2.24, 2.45) is 0 Å². The fraction of sp³-hybridized carbons (Fsp3) is 0.421. The first-order chi connectivity index (χ1) is 13.6. The molecular weight excluding hydrogens is 366 g/mol. The molecule has 0 bridgehead atoms. The molecule has 0 radical (unpaired) electrons. The van der Waals surface area contributed by atoms with Crippen molar-refractivity contribution in [3.8, 4) is 17.2 Å². The van der Waals surface area contributed by atoms with Gasteiger partial charge < -0.3 is 28.4 Å². The van der Waals surface area contributed by atoms with Gasteiger partial charge in [0.05, 0.1) is 0 Å². The SMILES string of the molecule is CCC1C(=O)N(C)CCN1C(=O)c1coc(COc2ccc3c(c2)OCO3)n1. The summed E-state index contributed by atoms with van der Waals surface area (Å²) in [7, 11) is 1.74. The molecule has 9 heteroatoms. The summed E-state index contributed by atoms with van der Waals surface area (Å²) in [5.41, 5.74) is 0.167. The largest absolute Gasteiger partial charge is 0.484 e. The number of hydrogen-bond donors (Lipinski definition) is 0. The van der Waals surface area contributed by atoms with E-state index < -0.39 is 6.04 Å². The van der Waals surface area contributed by atoms with Crippen LogP contribution in [0.25, 0.3) is 0 Å². The number of fused-ring (bicyclic) bond motifs is 1. The number of aromatic nitrogens is 1. The smallest absolute Gasteiger partial charge is 0.276 e. The number of amides is 2. The molecule has 0 saturated carbocycles. The van der Waals surface area contributed by atoms with Crippen molar-refractivity contribution in [3.63, 3.8) is 0 Å². The van der Waals surface area contributed by atoms with E-state index in [-0.39, 0.29) is 36.8 Å². The molecule has 9 nitrogen and oxygen atoms in total. The molecule has 1 saturated heterocycles. The molecule has 1 aromatic heterocycles. The number of ether oxygens (including phenoxy) is 3. The van der Waals surface area contributed by atoms with E-state index in [4.69, 9.17) is 18.6 Å². The second kappa shape index (κ2) is 7.41. The van der Waals surface area contributed by atoms with E-state index in [2.05, 4.69) is 4.98 Å². The standard InChI is InChI=1S/C19H21N3O6/c1-3-14-19(24)21(2)6-7-22(14)18(23)13-9-26-17(20-13)10-25-12-4-5-15-16(8-12)28-11-27-15/h4-5,8-9,14H,3,6-7,10-11H2,1-2H3. The highest BCUT2D eigenvalue weighted by Gasteiger charge is 2.36. The van der Waals surface area contributed by atoms with Crippen molar-refractivity contribution in [1.82, 2.24) is 14.8 Å². The van der Waals surface area contributed by atoms with Crippen molar-refractivity contribution in [2.45, 2.75) is 26.0 Å². The van der Waals surface area contributed by atoms with Crippen LogP contribution in [0.15, 0.2) is 28.9 Å². The van der Waals surface area contributed by atoms with E-state index in [9.17, 15) is 9.59 Å². The number of rotatable bonds is 5. The molecule has 0 N–H and O–H groups in total. The van der Waals surface area contributed by atoms with E-state index in [0.717, 1.165) is 0 Å². The topological polar surface area (TPSA) is 94.3 Å². The summed E-state index contributed by atoms with van der Waals surface area (Å²) in [6.07, 6.45) is 1.85. The number of piperazine rings is 1. The lowest BCUT2D eigenvalue weighted by atomic mass is 10.1. The van der Waals surface area contributed by atoms with Crippen molar-refractivity contribution in [2.75, 3.05) is 26.9 Å². The summed E-state index contributed by atoms with van der Waals surface area (Å²) >= 11 is 0. The van der Waals surface area contributed by atoms with Crippen molar-refractivity contribution in [3.05, 3.63) is 36.0 Å². The van der Waals surface area contributed by atoms with Crippen molar-refractivity contribution in [1.29, 1.82) is 0 Å². The van der Waals surface area contributed by atoms with Gasteiger partial charge in [0.15, 0.2) is 23.8 Å². The minimum Gasteiger partial charge on any atom is -0.484 e. The predicted molar refractivity (Wildman–Crippen MR) is 96.2 cm³/mol. The van der Waals surface area contributed by atoms with Gasteiger partial charge in [0.2, 0.25) is 18.6 Å². The lowest BCUT2D eigenvalue weighted by molar-refractivity contribution is -0.138. The molecular formula is C19H21N3O6. The van der Waals surface area contributed by atoms with Crippen LogP contribution in [0.5, 0.6) is 17.2 Å². The van der Waals surface area contributed by atoms with E-state index in [1.54, 1.807) is 35.0 Å². The monoisotopic (exact) mass is 387 g/mol. The van der Waals surface area contributed by atoms with Gasteiger partial charge in [-0.3, -0.25) is 9.59 Å². The Morgan fingerprint density at radius 1 is 1.29 bits per heavy atom. The third-order valence-electron chi connectivity index (χ3n) is 4.84. The second-order valence-electron chi connectivity index (χ2n) is 6.61. The molecule has 3 heterocycles. The number of oxazole rings is 1. The Labute approximate surface area is 161 Å². The third kappa shape index (κ3) is 3.35. The Morgan fingerprint density at radius 2 is 2.11 bits per heavy atom. The Balaban J connectivity index is 1.41. The number of benzene rings is 1. The molecule has 1 atom stereocenters. The zero-order valence-electron chi connectivity index (χ0n) is 15.7. The van der Waals surface area contributed by atoms with Crippen LogP contribution < -0.4 is 14.2 Å². The van der Waals surface area contributed by atoms with E-state index >= 15 is 0 Å². The lowest BCUT2D eigenvalue weighted by Gasteiger charge is -2.38. The molecule has 28 heavy (non-hydrogen) atoms. The summed E-state index contributed by atoms with van der Waals surface area (Å²) < 4.78 is 21.6. The van der Waals surface area contributed by atoms with Crippen LogP contribution in [-0.4, -0.2) is 59.6 Å². The van der Waals surface area contributed by atoms with Crippen LogP contribution in [0.1, 0.15) is 29.7 Å². The zero-order valence-corrected chi connectivity index (χ0v) is 15.7. The van der Waals surface area contributed by atoms with Crippen LogP contribution in [0, 0.1) is 0 Å². The molecule has 148 valence electrons. The van der Waals surface area contributed by atoms with Crippen LogP contribution in [0.3, 0.4) is 0 Å². The predicted octanol–water partition coefficient (Wildman–Crippen LogP) is 1.68. The summed E-state index contributed by atoms with van der Waals surface area (Å²) in [6.45, 7) is 3.10. The Kier molecular flexibility index (Phi) is 4.81. The maximum Gasteiger partial charge on any atom is 0.276 e. The molecule has 2 aromatic rings. The van der Waals surface area contributed by atoms with Gasteiger partial charge in [-0.05, 0) is 18.6 Å². The molecule has 4 rings (SSSR count). The lowest BCUT2D eigenvalue weighted by Crippen LogP contribution is -2.57. The van der Waals surface area contributed by atoms with Crippen LogP contribution >= 0.6 is 0 Å². The van der Waals surface area contributed by atoms with E-state index in [0.29, 0.717) is 36.8 Å². The molecule has 0 aliphatic carbocycles. The summed E-state index contributed by atoms with van der Waals surface area (Å²) in [6, 6.07) is 4.76. The fourth-order valence-corrected chi connectivity index (χ4v) is 3.28. The van der Waals surface area contributed by atoms with Crippen LogP contribution in [0.2, 0.25) is 0 Å². The number of carbonyl (C=O) groups excluding carboxylic acids is 2. The summed E-state index contributed by atoms with van der Waals surface area (Å²) in [5, 5.41) is 0. The van der Waals surface area contributed by atoms with E-state index in [1.165, 1.54) is 6.26 Å². The maximum absolute atomic E-state index is 12.8. The normalized spacial score (nSPS) is 18.5. The number of hydrogen-bond acceptors (Lipinski definition) is 7. The van der Waals surface area contributed by atoms with Gasteiger partial charge in [-0.25, -0.2) is 4.98 Å². The highest BCUT2D eigenvalue weighted by atomic mass is 16.7. The summed E-state index contributed by atoms with van der Waals surface area (Å²) in [4.78, 5) is 32.5.